The van der Waals surface area contributed by atoms with Gasteiger partial charge < -0.3 is 14.4 Å². The number of rotatable bonds is 6. The van der Waals surface area contributed by atoms with E-state index in [-0.39, 0.29) is 29.3 Å². The molecule has 2 aromatic carbocycles. The lowest BCUT2D eigenvalue weighted by molar-refractivity contribution is 0.100. The van der Waals surface area contributed by atoms with Crippen LogP contribution in [0.4, 0.5) is 5.69 Å². The number of halogens is 1. The Hall–Kier alpha value is -2.34. The summed E-state index contributed by atoms with van der Waals surface area (Å²) < 4.78 is 10.6. The van der Waals surface area contributed by atoms with E-state index in [2.05, 4.69) is 17.9 Å². The number of hydrogen-bond donors (Lipinski definition) is 0. The number of nitrogens with zero attached hydrogens (tertiary/aromatic N) is 2. The van der Waals surface area contributed by atoms with Gasteiger partial charge in [-0.1, -0.05) is 18.2 Å². The number of amidine groups is 1. The molecule has 0 radical (unpaired) electrons. The van der Waals surface area contributed by atoms with E-state index < -0.39 is 0 Å². The third kappa shape index (κ3) is 4.93. The number of aryl methyl sites for hydroxylation is 1. The number of para-hydroxylation sites is 1. The molecule has 0 bridgehead atoms. The smallest absolute Gasteiger partial charge is 0.182 e. The maximum absolute atomic E-state index is 13.1. The van der Waals surface area contributed by atoms with Gasteiger partial charge in [-0.15, -0.1) is 17.0 Å². The third-order valence-electron chi connectivity index (χ3n) is 4.83. The van der Waals surface area contributed by atoms with Crippen LogP contribution in [-0.2, 0) is 0 Å². The number of carbonyl (C=O) groups excluding carboxylic acids is 1. The molecule has 3 rings (SSSR count). The first-order chi connectivity index (χ1) is 13.1. The van der Waals surface area contributed by atoms with Crippen LogP contribution in [0.15, 0.2) is 47.5 Å². The van der Waals surface area contributed by atoms with Crippen molar-refractivity contribution in [3.8, 4) is 11.5 Å². The van der Waals surface area contributed by atoms with Crippen LogP contribution >= 0.6 is 17.0 Å². The summed E-state index contributed by atoms with van der Waals surface area (Å²) in [7, 11) is 3.16. The van der Waals surface area contributed by atoms with Crippen LogP contribution < -0.4 is 14.4 Å². The summed E-state index contributed by atoms with van der Waals surface area (Å²) >= 11 is 0. The SMILES string of the molecule is Br.COc1ccc(C(=O)CN(C2=NCCCC2)c2ccccc2C)cc1OC. The van der Waals surface area contributed by atoms with Crippen LogP contribution in [-0.4, -0.2) is 38.9 Å². The molecule has 0 aliphatic carbocycles. The van der Waals surface area contributed by atoms with E-state index in [0.29, 0.717) is 17.1 Å². The van der Waals surface area contributed by atoms with Crippen molar-refractivity contribution in [3.63, 3.8) is 0 Å². The third-order valence-corrected chi connectivity index (χ3v) is 4.83. The molecule has 0 unspecified atom stereocenters. The quantitative estimate of drug-likeness (QED) is 0.594. The first kappa shape index (κ1) is 22.0. The van der Waals surface area contributed by atoms with E-state index >= 15 is 0 Å². The van der Waals surface area contributed by atoms with Gasteiger partial charge in [0.1, 0.15) is 5.84 Å². The van der Waals surface area contributed by atoms with Gasteiger partial charge in [-0.3, -0.25) is 9.79 Å². The Morgan fingerprint density at radius 3 is 2.46 bits per heavy atom. The summed E-state index contributed by atoms with van der Waals surface area (Å²) in [6.07, 6.45) is 3.11. The number of Topliss-reactive ketones (excluding diaryl/α,β-unsaturated/α-hetero) is 1. The average molecular weight is 447 g/mol. The number of ketones is 1. The maximum Gasteiger partial charge on any atom is 0.182 e. The molecule has 0 spiro atoms. The van der Waals surface area contributed by atoms with Crippen molar-refractivity contribution in [1.82, 2.24) is 0 Å². The van der Waals surface area contributed by atoms with Crippen molar-refractivity contribution >= 4 is 34.3 Å². The molecule has 1 aliphatic rings. The summed E-state index contributed by atoms with van der Waals surface area (Å²) in [5.74, 6) is 2.18. The first-order valence-corrected chi connectivity index (χ1v) is 9.25. The number of benzene rings is 2. The van der Waals surface area contributed by atoms with E-state index in [9.17, 15) is 4.79 Å². The summed E-state index contributed by atoms with van der Waals surface area (Å²) in [6, 6.07) is 13.4. The van der Waals surface area contributed by atoms with Gasteiger partial charge in [-0.05, 0) is 49.6 Å². The largest absolute Gasteiger partial charge is 0.493 e. The average Bonchev–Trinajstić information content (AvgIpc) is 2.72. The van der Waals surface area contributed by atoms with Gasteiger partial charge in [-0.25, -0.2) is 0 Å². The van der Waals surface area contributed by atoms with Crippen molar-refractivity contribution in [2.24, 2.45) is 4.99 Å². The summed E-state index contributed by atoms with van der Waals surface area (Å²) in [6.45, 7) is 3.13. The molecule has 150 valence electrons. The summed E-state index contributed by atoms with van der Waals surface area (Å²) in [5, 5.41) is 0. The van der Waals surface area contributed by atoms with E-state index in [1.165, 1.54) is 0 Å². The van der Waals surface area contributed by atoms with Gasteiger partial charge in [0, 0.05) is 24.2 Å². The highest BCUT2D eigenvalue weighted by molar-refractivity contribution is 8.93. The zero-order valence-corrected chi connectivity index (χ0v) is 18.3. The highest BCUT2D eigenvalue weighted by Crippen LogP contribution is 2.29. The second-order valence-corrected chi connectivity index (χ2v) is 6.62. The van der Waals surface area contributed by atoms with Crippen LogP contribution in [0.1, 0.15) is 35.2 Å². The van der Waals surface area contributed by atoms with E-state index in [4.69, 9.17) is 14.5 Å². The van der Waals surface area contributed by atoms with Crippen molar-refractivity contribution < 1.29 is 14.3 Å². The second kappa shape index (κ2) is 10.3. The van der Waals surface area contributed by atoms with Gasteiger partial charge in [0.25, 0.3) is 0 Å². The lowest BCUT2D eigenvalue weighted by Crippen LogP contribution is -2.37. The van der Waals surface area contributed by atoms with Crippen LogP contribution in [0, 0.1) is 6.92 Å². The molecule has 0 aromatic heterocycles. The molecule has 0 saturated carbocycles. The fourth-order valence-corrected chi connectivity index (χ4v) is 3.33. The number of anilines is 1. The van der Waals surface area contributed by atoms with Crippen LogP contribution in [0.3, 0.4) is 0 Å². The topological polar surface area (TPSA) is 51.1 Å². The minimum Gasteiger partial charge on any atom is -0.493 e. The minimum absolute atomic E-state index is 0. The highest BCUT2D eigenvalue weighted by Gasteiger charge is 2.21. The van der Waals surface area contributed by atoms with Crippen LogP contribution in [0.5, 0.6) is 11.5 Å². The lowest BCUT2D eigenvalue weighted by Gasteiger charge is -2.29. The predicted octanol–water partition coefficient (Wildman–Crippen LogP) is 4.86. The molecule has 0 N–H and O–H groups in total. The Labute approximate surface area is 177 Å². The molecule has 0 amide bonds. The first-order valence-electron chi connectivity index (χ1n) is 9.25. The van der Waals surface area contributed by atoms with Crippen LogP contribution in [0.2, 0.25) is 0 Å². The molecule has 1 aliphatic heterocycles. The maximum atomic E-state index is 13.1. The minimum atomic E-state index is 0. The standard InChI is InChI=1S/C22H26N2O3.BrH/c1-16-8-4-5-9-18(16)24(22-10-6-7-13-23-22)15-19(25)17-11-12-20(26-2)21(14-17)27-3;/h4-5,8-9,11-12,14H,6-7,10,13,15H2,1-3H3;1H. The normalized spacial score (nSPS) is 13.2. The Kier molecular flexibility index (Phi) is 8.05. The monoisotopic (exact) mass is 446 g/mol. The molecule has 0 fully saturated rings. The van der Waals surface area contributed by atoms with Gasteiger partial charge in [0.2, 0.25) is 0 Å². The molecule has 28 heavy (non-hydrogen) atoms. The highest BCUT2D eigenvalue weighted by atomic mass is 79.9. The number of carbonyl (C=O) groups is 1. The van der Waals surface area contributed by atoms with E-state index in [0.717, 1.165) is 42.9 Å². The zero-order chi connectivity index (χ0) is 19.2. The molecule has 2 aromatic rings. The van der Waals surface area contributed by atoms with Crippen LogP contribution in [0.25, 0.3) is 0 Å². The molecule has 1 heterocycles. The van der Waals surface area contributed by atoms with Crippen molar-refractivity contribution in [2.75, 3.05) is 32.2 Å². The van der Waals surface area contributed by atoms with Gasteiger partial charge in [-0.2, -0.15) is 0 Å². The van der Waals surface area contributed by atoms with Gasteiger partial charge >= 0.3 is 0 Å². The number of methoxy groups -OCH3 is 2. The zero-order valence-electron chi connectivity index (χ0n) is 16.6. The second-order valence-electron chi connectivity index (χ2n) is 6.62. The number of aliphatic imine (C=N–C) groups is 1. The Morgan fingerprint density at radius 2 is 1.82 bits per heavy atom. The Balaban J connectivity index is 0.00000280. The molecule has 5 nitrogen and oxygen atoms in total. The lowest BCUT2D eigenvalue weighted by atomic mass is 10.1. The molecular weight excluding hydrogens is 420 g/mol. The molecule has 0 atom stereocenters. The predicted molar refractivity (Wildman–Crippen MR) is 119 cm³/mol. The Bertz CT molecular complexity index is 851. The fraction of sp³-hybridized carbons (Fsp3) is 0.364. The number of ether oxygens (including phenoxy) is 2. The van der Waals surface area contributed by atoms with Gasteiger partial charge in [0.05, 0.1) is 20.8 Å². The number of hydrogen-bond acceptors (Lipinski definition) is 5. The summed E-state index contributed by atoms with van der Waals surface area (Å²) in [5.41, 5.74) is 2.76. The van der Waals surface area contributed by atoms with Gasteiger partial charge in [0.15, 0.2) is 17.3 Å². The summed E-state index contributed by atoms with van der Waals surface area (Å²) in [4.78, 5) is 19.8. The van der Waals surface area contributed by atoms with E-state index in [1.807, 2.05) is 18.2 Å². The molecule has 6 heteroatoms. The molecule has 0 saturated heterocycles. The van der Waals surface area contributed by atoms with Crippen molar-refractivity contribution in [2.45, 2.75) is 26.2 Å². The Morgan fingerprint density at radius 1 is 1.07 bits per heavy atom. The van der Waals surface area contributed by atoms with E-state index in [1.54, 1.807) is 32.4 Å². The van der Waals surface area contributed by atoms with Crippen molar-refractivity contribution in [1.29, 1.82) is 0 Å². The fourth-order valence-electron chi connectivity index (χ4n) is 3.33. The van der Waals surface area contributed by atoms with Crippen molar-refractivity contribution in [3.05, 3.63) is 53.6 Å². The molecular formula is C22H27BrN2O3.